The molecule has 2 N–H and O–H groups in total. The molecule has 2 aromatic heterocycles. The second-order valence-corrected chi connectivity index (χ2v) is 5.53. The zero-order valence-electron chi connectivity index (χ0n) is 12.1. The molecule has 0 radical (unpaired) electrons. The Kier molecular flexibility index (Phi) is 4.11. The van der Waals surface area contributed by atoms with Gasteiger partial charge in [-0.2, -0.15) is 0 Å². The van der Waals surface area contributed by atoms with Crippen molar-refractivity contribution in [1.29, 1.82) is 0 Å². The highest BCUT2D eigenvalue weighted by Gasteiger charge is 2.31. The van der Waals surface area contributed by atoms with Crippen LogP contribution < -0.4 is 5.32 Å². The maximum Gasteiger partial charge on any atom is 0.326 e. The summed E-state index contributed by atoms with van der Waals surface area (Å²) in [7, 11) is 0. The minimum Gasteiger partial charge on any atom is -0.480 e. The molecule has 2 atom stereocenters. The SMILES string of the molecule is O=C(NC(C(=O)O)C1CCCOC1)c1cc2ccccn2c1. The molecule has 6 heteroatoms. The zero-order valence-corrected chi connectivity index (χ0v) is 12.1. The predicted molar refractivity (Wildman–Crippen MR) is 79.8 cm³/mol. The number of pyridine rings is 1. The highest BCUT2D eigenvalue weighted by Crippen LogP contribution is 2.18. The number of carboxylic acids is 1. The van der Waals surface area contributed by atoms with E-state index in [0.717, 1.165) is 18.4 Å². The van der Waals surface area contributed by atoms with Crippen molar-refractivity contribution in [2.75, 3.05) is 13.2 Å². The number of ether oxygens (including phenoxy) is 1. The number of aromatic nitrogens is 1. The number of hydrogen-bond acceptors (Lipinski definition) is 3. The summed E-state index contributed by atoms with van der Waals surface area (Å²) in [6.45, 7) is 1.02. The standard InChI is InChI=1S/C16H18N2O4/c19-15(12-8-13-5-1-2-6-18(13)9-12)17-14(16(20)21)11-4-3-7-22-10-11/h1-2,5-6,8-9,11,14H,3-4,7,10H2,(H,17,19)(H,20,21). The lowest BCUT2D eigenvalue weighted by atomic mass is 9.93. The number of nitrogens with zero attached hydrogens (tertiary/aromatic N) is 1. The lowest BCUT2D eigenvalue weighted by molar-refractivity contribution is -0.142. The molecule has 0 bridgehead atoms. The largest absolute Gasteiger partial charge is 0.480 e. The van der Waals surface area contributed by atoms with Gasteiger partial charge in [-0.05, 0) is 31.0 Å². The van der Waals surface area contributed by atoms with Gasteiger partial charge in [0.2, 0.25) is 0 Å². The van der Waals surface area contributed by atoms with E-state index in [4.69, 9.17) is 4.74 Å². The average molecular weight is 302 g/mol. The third-order valence-electron chi connectivity index (χ3n) is 3.99. The van der Waals surface area contributed by atoms with Gasteiger partial charge in [-0.1, -0.05) is 6.07 Å². The maximum atomic E-state index is 12.3. The maximum absolute atomic E-state index is 12.3. The van der Waals surface area contributed by atoms with Crippen molar-refractivity contribution < 1.29 is 19.4 Å². The minimum absolute atomic E-state index is 0.188. The van der Waals surface area contributed by atoms with Gasteiger partial charge in [-0.25, -0.2) is 4.79 Å². The van der Waals surface area contributed by atoms with E-state index in [2.05, 4.69) is 5.32 Å². The molecule has 1 aliphatic rings. The fourth-order valence-corrected chi connectivity index (χ4v) is 2.81. The Labute approximate surface area is 127 Å². The lowest BCUT2D eigenvalue weighted by Gasteiger charge is -2.27. The third kappa shape index (κ3) is 2.96. The van der Waals surface area contributed by atoms with E-state index in [-0.39, 0.29) is 11.8 Å². The van der Waals surface area contributed by atoms with Crippen LogP contribution in [0.4, 0.5) is 0 Å². The Bertz CT molecular complexity index is 655. The van der Waals surface area contributed by atoms with Crippen LogP contribution >= 0.6 is 0 Å². The van der Waals surface area contributed by atoms with Gasteiger partial charge in [0.15, 0.2) is 0 Å². The molecule has 0 aromatic carbocycles. The molecule has 1 amide bonds. The molecule has 0 saturated carbocycles. The number of aliphatic carboxylic acids is 1. The van der Waals surface area contributed by atoms with Crippen LogP contribution in [0, 0.1) is 5.92 Å². The Morgan fingerprint density at radius 1 is 1.41 bits per heavy atom. The molecule has 1 saturated heterocycles. The molecule has 2 unspecified atom stereocenters. The number of carbonyl (C=O) groups is 2. The first-order valence-corrected chi connectivity index (χ1v) is 7.33. The average Bonchev–Trinajstić information content (AvgIpc) is 2.97. The number of carbonyl (C=O) groups excluding carboxylic acids is 1. The van der Waals surface area contributed by atoms with Crippen molar-refractivity contribution in [3.05, 3.63) is 42.2 Å². The van der Waals surface area contributed by atoms with Gasteiger partial charge in [0.1, 0.15) is 6.04 Å². The van der Waals surface area contributed by atoms with E-state index in [0.29, 0.717) is 18.8 Å². The summed E-state index contributed by atoms with van der Waals surface area (Å²) in [6.07, 6.45) is 5.10. The first-order valence-electron chi connectivity index (χ1n) is 7.33. The quantitative estimate of drug-likeness (QED) is 0.898. The Morgan fingerprint density at radius 2 is 2.27 bits per heavy atom. The highest BCUT2D eigenvalue weighted by atomic mass is 16.5. The molecule has 1 fully saturated rings. The van der Waals surface area contributed by atoms with Crippen LogP contribution in [0.25, 0.3) is 5.52 Å². The number of carboxylic acid groups (broad SMARTS) is 1. The minimum atomic E-state index is -1.02. The smallest absolute Gasteiger partial charge is 0.326 e. The van der Waals surface area contributed by atoms with E-state index in [9.17, 15) is 14.7 Å². The first-order chi connectivity index (χ1) is 10.6. The van der Waals surface area contributed by atoms with Crippen LogP contribution in [0.5, 0.6) is 0 Å². The molecule has 3 rings (SSSR count). The number of fused-ring (bicyclic) bond motifs is 1. The van der Waals surface area contributed by atoms with Crippen LogP contribution in [0.1, 0.15) is 23.2 Å². The van der Waals surface area contributed by atoms with Crippen molar-refractivity contribution in [1.82, 2.24) is 9.72 Å². The molecule has 1 aliphatic heterocycles. The molecule has 2 aromatic rings. The van der Waals surface area contributed by atoms with Gasteiger partial charge in [0.05, 0.1) is 12.2 Å². The molecule has 0 spiro atoms. The van der Waals surface area contributed by atoms with Crippen LogP contribution in [0.15, 0.2) is 36.7 Å². The summed E-state index contributed by atoms with van der Waals surface area (Å²) in [6, 6.07) is 6.46. The summed E-state index contributed by atoms with van der Waals surface area (Å²) in [5, 5.41) is 12.0. The molecule has 22 heavy (non-hydrogen) atoms. The number of hydrogen-bond donors (Lipinski definition) is 2. The predicted octanol–water partition coefficient (Wildman–Crippen LogP) is 1.55. The number of nitrogens with one attached hydrogen (secondary N) is 1. The fourth-order valence-electron chi connectivity index (χ4n) is 2.81. The second kappa shape index (κ2) is 6.19. The molecule has 116 valence electrons. The zero-order chi connectivity index (χ0) is 15.5. The van der Waals surface area contributed by atoms with E-state index in [1.807, 2.05) is 28.8 Å². The summed E-state index contributed by atoms with van der Waals surface area (Å²) in [5.41, 5.74) is 1.34. The van der Waals surface area contributed by atoms with Crippen molar-refractivity contribution in [3.8, 4) is 0 Å². The fraction of sp³-hybridized carbons (Fsp3) is 0.375. The van der Waals surface area contributed by atoms with Gasteiger partial charge in [-0.15, -0.1) is 0 Å². The molecule has 6 nitrogen and oxygen atoms in total. The number of rotatable bonds is 4. The van der Waals surface area contributed by atoms with Gasteiger partial charge in [0, 0.05) is 30.4 Å². The normalized spacial score (nSPS) is 19.7. The van der Waals surface area contributed by atoms with E-state index < -0.39 is 12.0 Å². The van der Waals surface area contributed by atoms with Crippen molar-refractivity contribution in [2.24, 2.45) is 5.92 Å². The molecule has 0 aliphatic carbocycles. The summed E-state index contributed by atoms with van der Waals surface area (Å²) in [5.74, 6) is -1.58. The van der Waals surface area contributed by atoms with Gasteiger partial charge in [0.25, 0.3) is 5.91 Å². The molecule has 3 heterocycles. The van der Waals surface area contributed by atoms with Crippen molar-refractivity contribution >= 4 is 17.4 Å². The van der Waals surface area contributed by atoms with E-state index in [1.165, 1.54) is 0 Å². The Hall–Kier alpha value is -2.34. The van der Waals surface area contributed by atoms with Crippen molar-refractivity contribution in [2.45, 2.75) is 18.9 Å². The summed E-state index contributed by atoms with van der Waals surface area (Å²) >= 11 is 0. The molecular weight excluding hydrogens is 284 g/mol. The van der Waals surface area contributed by atoms with Crippen LogP contribution in [-0.2, 0) is 9.53 Å². The highest BCUT2D eigenvalue weighted by molar-refractivity contribution is 5.97. The Balaban J connectivity index is 1.76. The van der Waals surface area contributed by atoms with Gasteiger partial charge in [-0.3, -0.25) is 4.79 Å². The number of amides is 1. The van der Waals surface area contributed by atoms with E-state index >= 15 is 0 Å². The monoisotopic (exact) mass is 302 g/mol. The van der Waals surface area contributed by atoms with E-state index in [1.54, 1.807) is 12.3 Å². The first kappa shape index (κ1) is 14.6. The van der Waals surface area contributed by atoms with Crippen LogP contribution in [-0.4, -0.2) is 40.6 Å². The van der Waals surface area contributed by atoms with Gasteiger partial charge < -0.3 is 19.6 Å². The lowest BCUT2D eigenvalue weighted by Crippen LogP contribution is -2.48. The Morgan fingerprint density at radius 3 is 2.95 bits per heavy atom. The van der Waals surface area contributed by atoms with Crippen LogP contribution in [0.2, 0.25) is 0 Å². The second-order valence-electron chi connectivity index (χ2n) is 5.53. The van der Waals surface area contributed by atoms with Gasteiger partial charge >= 0.3 is 5.97 Å². The van der Waals surface area contributed by atoms with Crippen molar-refractivity contribution in [3.63, 3.8) is 0 Å². The summed E-state index contributed by atoms with van der Waals surface area (Å²) in [4.78, 5) is 23.8. The third-order valence-corrected chi connectivity index (χ3v) is 3.99. The van der Waals surface area contributed by atoms with Crippen LogP contribution in [0.3, 0.4) is 0 Å². The summed E-state index contributed by atoms with van der Waals surface area (Å²) < 4.78 is 7.16. The molecular formula is C16H18N2O4. The topological polar surface area (TPSA) is 80.0 Å².